The molecule has 2 heteroatoms. The molecule has 0 nitrogen and oxygen atoms in total. The molecule has 7 heavy (non-hydrogen) atoms. The molecule has 0 atom stereocenters. The van der Waals surface area contributed by atoms with Gasteiger partial charge in [-0.2, -0.15) is 0 Å². The summed E-state index contributed by atoms with van der Waals surface area (Å²) in [5.74, 6) is 1.57. The topological polar surface area (TPSA) is 0 Å². The molecule has 0 heterocycles. The van der Waals surface area contributed by atoms with Crippen LogP contribution in [-0.4, -0.2) is 5.88 Å². The van der Waals surface area contributed by atoms with E-state index in [-0.39, 0.29) is 12.4 Å². The molecular formula is C5H12Cl2. The lowest BCUT2D eigenvalue weighted by atomic mass is 10.2. The standard InChI is InChI=1S/C5H11Cl.ClH/c1-5(2)3-4-6;/h5H,3-4H2,1-2H3;1H. The van der Waals surface area contributed by atoms with Crippen molar-refractivity contribution < 1.29 is 0 Å². The minimum Gasteiger partial charge on any atom is -0.147 e. The number of hydrogen-bond acceptors (Lipinski definition) is 0. The highest BCUT2D eigenvalue weighted by atomic mass is 35.5. The summed E-state index contributed by atoms with van der Waals surface area (Å²) in [5, 5.41) is 0. The first kappa shape index (κ1) is 10.5. The van der Waals surface area contributed by atoms with E-state index in [2.05, 4.69) is 13.8 Å². The molecule has 0 rings (SSSR count). The Kier molecular flexibility index (Phi) is 9.91. The molecule has 0 saturated carbocycles. The Morgan fingerprint density at radius 3 is 1.86 bits per heavy atom. The lowest BCUT2D eigenvalue weighted by Gasteiger charge is -1.94. The molecular weight excluding hydrogens is 131 g/mol. The van der Waals surface area contributed by atoms with Gasteiger partial charge in [-0.15, -0.1) is 24.0 Å². The summed E-state index contributed by atoms with van der Waals surface area (Å²) in [4.78, 5) is 0. The average Bonchev–Trinajstić information content (AvgIpc) is 1.35. The first-order valence-electron chi connectivity index (χ1n) is 2.33. The van der Waals surface area contributed by atoms with Crippen molar-refractivity contribution in [2.24, 2.45) is 5.92 Å². The number of alkyl halides is 1. The van der Waals surface area contributed by atoms with E-state index in [1.54, 1.807) is 0 Å². The molecule has 0 N–H and O–H groups in total. The van der Waals surface area contributed by atoms with Crippen LogP contribution in [0.1, 0.15) is 20.3 Å². The van der Waals surface area contributed by atoms with E-state index >= 15 is 0 Å². The predicted molar refractivity (Wildman–Crippen MR) is 37.4 cm³/mol. The van der Waals surface area contributed by atoms with E-state index in [9.17, 15) is 0 Å². The molecule has 0 saturated heterocycles. The first-order valence-corrected chi connectivity index (χ1v) is 2.86. The summed E-state index contributed by atoms with van der Waals surface area (Å²) in [7, 11) is 0. The van der Waals surface area contributed by atoms with Crippen LogP contribution < -0.4 is 0 Å². The Morgan fingerprint density at radius 1 is 1.43 bits per heavy atom. The fourth-order valence-electron chi connectivity index (χ4n) is 0.218. The van der Waals surface area contributed by atoms with Gasteiger partial charge in [0.2, 0.25) is 0 Å². The third-order valence-corrected chi connectivity index (χ3v) is 0.905. The molecule has 0 aromatic heterocycles. The van der Waals surface area contributed by atoms with Crippen LogP contribution in [0.2, 0.25) is 0 Å². The third kappa shape index (κ3) is 10.8. The van der Waals surface area contributed by atoms with Crippen LogP contribution in [0.4, 0.5) is 0 Å². The zero-order valence-electron chi connectivity index (χ0n) is 4.78. The lowest BCUT2D eigenvalue weighted by Crippen LogP contribution is -1.85. The Labute approximate surface area is 56.7 Å². The van der Waals surface area contributed by atoms with Gasteiger partial charge in [0.05, 0.1) is 0 Å². The summed E-state index contributed by atoms with van der Waals surface area (Å²) in [5.41, 5.74) is 0. The molecule has 0 aromatic rings. The number of halogens is 2. The van der Waals surface area contributed by atoms with Gasteiger partial charge in [-0.1, -0.05) is 13.8 Å². The Hall–Kier alpha value is 0.580. The van der Waals surface area contributed by atoms with Crippen molar-refractivity contribution in [2.75, 3.05) is 5.88 Å². The fraction of sp³-hybridized carbons (Fsp3) is 1.00. The van der Waals surface area contributed by atoms with Gasteiger partial charge < -0.3 is 0 Å². The SMILES string of the molecule is CC(C)CCCl.Cl. The second-order valence-electron chi connectivity index (χ2n) is 1.87. The second-order valence-corrected chi connectivity index (χ2v) is 2.25. The molecule has 0 radical (unpaired) electrons. The quantitative estimate of drug-likeness (QED) is 0.521. The van der Waals surface area contributed by atoms with E-state index in [0.717, 1.165) is 18.2 Å². The van der Waals surface area contributed by atoms with E-state index in [1.807, 2.05) is 0 Å². The number of rotatable bonds is 2. The van der Waals surface area contributed by atoms with Gasteiger partial charge in [-0.05, 0) is 12.3 Å². The van der Waals surface area contributed by atoms with Crippen molar-refractivity contribution in [3.05, 3.63) is 0 Å². The van der Waals surface area contributed by atoms with E-state index in [0.29, 0.717) is 0 Å². The fourth-order valence-corrected chi connectivity index (χ4v) is 0.655. The molecule has 0 unspecified atom stereocenters. The molecule has 0 spiro atoms. The van der Waals surface area contributed by atoms with Gasteiger partial charge in [0.25, 0.3) is 0 Å². The van der Waals surface area contributed by atoms with E-state index < -0.39 is 0 Å². The van der Waals surface area contributed by atoms with Gasteiger partial charge in [0, 0.05) is 5.88 Å². The highest BCUT2D eigenvalue weighted by Crippen LogP contribution is 1.98. The van der Waals surface area contributed by atoms with Crippen LogP contribution in [0.25, 0.3) is 0 Å². The maximum Gasteiger partial charge on any atom is 0.0225 e. The molecule has 0 fully saturated rings. The highest BCUT2D eigenvalue weighted by molar-refractivity contribution is 6.17. The summed E-state index contributed by atoms with van der Waals surface area (Å²) < 4.78 is 0. The Morgan fingerprint density at radius 2 is 1.86 bits per heavy atom. The van der Waals surface area contributed by atoms with Crippen molar-refractivity contribution in [1.29, 1.82) is 0 Å². The highest BCUT2D eigenvalue weighted by Gasteiger charge is 1.86. The maximum absolute atomic E-state index is 5.40. The molecule has 0 aliphatic carbocycles. The Balaban J connectivity index is 0. The average molecular weight is 143 g/mol. The van der Waals surface area contributed by atoms with Crippen LogP contribution in [0.5, 0.6) is 0 Å². The zero-order valence-corrected chi connectivity index (χ0v) is 6.35. The smallest absolute Gasteiger partial charge is 0.0225 e. The second kappa shape index (κ2) is 6.58. The predicted octanol–water partition coefficient (Wildman–Crippen LogP) is 2.69. The van der Waals surface area contributed by atoms with Crippen LogP contribution in [0.15, 0.2) is 0 Å². The first-order chi connectivity index (χ1) is 2.77. The molecule has 0 bridgehead atoms. The number of hydrogen-bond donors (Lipinski definition) is 0. The van der Waals surface area contributed by atoms with Crippen LogP contribution >= 0.6 is 24.0 Å². The van der Waals surface area contributed by atoms with Crippen molar-refractivity contribution >= 4 is 24.0 Å². The van der Waals surface area contributed by atoms with E-state index in [1.165, 1.54) is 0 Å². The summed E-state index contributed by atoms with van der Waals surface area (Å²) in [6.45, 7) is 4.34. The Bertz CT molecular complexity index is 27.3. The van der Waals surface area contributed by atoms with Crippen molar-refractivity contribution in [3.63, 3.8) is 0 Å². The minimum atomic E-state index is 0. The van der Waals surface area contributed by atoms with Gasteiger partial charge in [0.1, 0.15) is 0 Å². The third-order valence-electron chi connectivity index (χ3n) is 0.686. The van der Waals surface area contributed by atoms with Crippen LogP contribution in [0.3, 0.4) is 0 Å². The van der Waals surface area contributed by atoms with E-state index in [4.69, 9.17) is 11.6 Å². The lowest BCUT2D eigenvalue weighted by molar-refractivity contribution is 0.630. The molecule has 0 amide bonds. The monoisotopic (exact) mass is 142 g/mol. The van der Waals surface area contributed by atoms with Gasteiger partial charge >= 0.3 is 0 Å². The van der Waals surface area contributed by atoms with Crippen LogP contribution in [0, 0.1) is 5.92 Å². The molecule has 46 valence electrons. The van der Waals surface area contributed by atoms with Crippen LogP contribution in [-0.2, 0) is 0 Å². The minimum absolute atomic E-state index is 0. The summed E-state index contributed by atoms with van der Waals surface area (Å²) in [6, 6.07) is 0. The molecule has 0 aliphatic rings. The maximum atomic E-state index is 5.40. The largest absolute Gasteiger partial charge is 0.147 e. The van der Waals surface area contributed by atoms with Crippen molar-refractivity contribution in [2.45, 2.75) is 20.3 Å². The summed E-state index contributed by atoms with van der Waals surface area (Å²) >= 11 is 5.40. The van der Waals surface area contributed by atoms with Gasteiger partial charge in [0.15, 0.2) is 0 Å². The molecule has 0 aromatic carbocycles. The normalized spacial score (nSPS) is 8.57. The van der Waals surface area contributed by atoms with Crippen molar-refractivity contribution in [1.82, 2.24) is 0 Å². The summed E-state index contributed by atoms with van der Waals surface area (Å²) in [6.07, 6.45) is 1.14. The zero-order chi connectivity index (χ0) is 4.99. The van der Waals surface area contributed by atoms with Crippen molar-refractivity contribution in [3.8, 4) is 0 Å². The molecule has 0 aliphatic heterocycles. The van der Waals surface area contributed by atoms with Gasteiger partial charge in [-0.25, -0.2) is 0 Å². The van der Waals surface area contributed by atoms with Gasteiger partial charge in [-0.3, -0.25) is 0 Å².